The Labute approximate surface area is 144 Å². The molecule has 4 N–H and O–H groups in total. The van der Waals surface area contributed by atoms with E-state index < -0.39 is 12.0 Å². The third-order valence-electron chi connectivity index (χ3n) is 3.14. The SMILES string of the molecule is N[C@@H](CCCCNC(=S)CCc1ccc([123I])cc1)C(=O)O. The molecule has 6 heteroatoms. The van der Waals surface area contributed by atoms with Gasteiger partial charge in [0.2, 0.25) is 0 Å². The first-order valence-corrected chi connectivity index (χ1v) is 8.47. The predicted molar refractivity (Wildman–Crippen MR) is 97.5 cm³/mol. The highest BCUT2D eigenvalue weighted by Gasteiger charge is 2.09. The Hall–Kier alpha value is -0.730. The van der Waals surface area contributed by atoms with Gasteiger partial charge < -0.3 is 16.2 Å². The van der Waals surface area contributed by atoms with Crippen LogP contribution in [-0.4, -0.2) is 28.7 Å². The van der Waals surface area contributed by atoms with Crippen LogP contribution in [0.4, 0.5) is 0 Å². The molecular formula is C15H21IN2O2S. The Morgan fingerprint density at radius 2 is 2.00 bits per heavy atom. The molecular weight excluding hydrogens is 395 g/mol. The summed E-state index contributed by atoms with van der Waals surface area (Å²) >= 11 is 7.58. The highest BCUT2D eigenvalue weighted by molar-refractivity contribution is 14.1. The molecule has 4 nitrogen and oxygen atoms in total. The number of aliphatic carboxylic acids is 1. The minimum absolute atomic E-state index is 0.506. The molecule has 0 spiro atoms. The average molecular weight is 416 g/mol. The van der Waals surface area contributed by atoms with E-state index >= 15 is 0 Å². The Bertz CT molecular complexity index is 465. The molecule has 0 heterocycles. The van der Waals surface area contributed by atoms with Crippen LogP contribution in [0.3, 0.4) is 0 Å². The van der Waals surface area contributed by atoms with Crippen molar-refractivity contribution in [2.75, 3.05) is 6.54 Å². The van der Waals surface area contributed by atoms with E-state index in [0.29, 0.717) is 6.42 Å². The zero-order chi connectivity index (χ0) is 15.7. The summed E-state index contributed by atoms with van der Waals surface area (Å²) in [5, 5.41) is 11.9. The molecule has 21 heavy (non-hydrogen) atoms. The number of benzene rings is 1. The fourth-order valence-corrected chi connectivity index (χ4v) is 2.40. The lowest BCUT2D eigenvalue weighted by molar-refractivity contribution is -0.138. The number of unbranched alkanes of at least 4 members (excludes halogenated alkanes) is 1. The first kappa shape index (κ1) is 18.3. The van der Waals surface area contributed by atoms with Crippen LogP contribution in [-0.2, 0) is 11.2 Å². The van der Waals surface area contributed by atoms with Crippen LogP contribution < -0.4 is 11.1 Å². The number of hydrogen-bond donors (Lipinski definition) is 3. The van der Waals surface area contributed by atoms with Crippen molar-refractivity contribution in [3.8, 4) is 0 Å². The molecule has 0 saturated carbocycles. The van der Waals surface area contributed by atoms with E-state index in [1.54, 1.807) is 0 Å². The molecule has 0 radical (unpaired) electrons. The third kappa shape index (κ3) is 8.33. The van der Waals surface area contributed by atoms with Crippen molar-refractivity contribution in [2.45, 2.75) is 38.1 Å². The summed E-state index contributed by atoms with van der Waals surface area (Å²) in [4.78, 5) is 11.4. The molecule has 0 unspecified atom stereocenters. The second-order valence-corrected chi connectivity index (χ2v) is 6.66. The van der Waals surface area contributed by atoms with Crippen molar-refractivity contribution >= 4 is 45.8 Å². The van der Waals surface area contributed by atoms with Crippen LogP contribution in [0.5, 0.6) is 0 Å². The van der Waals surface area contributed by atoms with Crippen LogP contribution in [0, 0.1) is 3.57 Å². The summed E-state index contributed by atoms with van der Waals surface area (Å²) in [6, 6.07) is 7.68. The molecule has 0 aromatic heterocycles. The van der Waals surface area contributed by atoms with Crippen molar-refractivity contribution < 1.29 is 9.90 Å². The Morgan fingerprint density at radius 1 is 1.33 bits per heavy atom. The van der Waals surface area contributed by atoms with E-state index in [1.807, 2.05) is 0 Å². The first-order chi connectivity index (χ1) is 9.99. The lowest BCUT2D eigenvalue weighted by Crippen LogP contribution is -2.30. The molecule has 0 aliphatic heterocycles. The molecule has 0 aliphatic rings. The van der Waals surface area contributed by atoms with E-state index in [0.717, 1.165) is 37.2 Å². The van der Waals surface area contributed by atoms with E-state index in [1.165, 1.54) is 9.13 Å². The van der Waals surface area contributed by atoms with Gasteiger partial charge in [-0.1, -0.05) is 24.4 Å². The second-order valence-electron chi connectivity index (χ2n) is 4.92. The van der Waals surface area contributed by atoms with Gasteiger partial charge in [0.25, 0.3) is 0 Å². The van der Waals surface area contributed by atoms with Gasteiger partial charge in [0, 0.05) is 16.5 Å². The average Bonchev–Trinajstić information content (AvgIpc) is 2.46. The largest absolute Gasteiger partial charge is 0.480 e. The molecule has 0 fully saturated rings. The van der Waals surface area contributed by atoms with Crippen LogP contribution in [0.15, 0.2) is 24.3 Å². The summed E-state index contributed by atoms with van der Waals surface area (Å²) in [7, 11) is 0. The quantitative estimate of drug-likeness (QED) is 0.328. The van der Waals surface area contributed by atoms with E-state index in [4.69, 9.17) is 23.1 Å². The maximum Gasteiger partial charge on any atom is 0.320 e. The van der Waals surface area contributed by atoms with Crippen molar-refractivity contribution in [1.29, 1.82) is 0 Å². The zero-order valence-corrected chi connectivity index (χ0v) is 14.8. The molecule has 116 valence electrons. The topological polar surface area (TPSA) is 75.3 Å². The first-order valence-electron chi connectivity index (χ1n) is 6.98. The van der Waals surface area contributed by atoms with E-state index in [2.05, 4.69) is 52.2 Å². The smallest absolute Gasteiger partial charge is 0.320 e. The Kier molecular flexibility index (Phi) is 8.79. The van der Waals surface area contributed by atoms with Crippen molar-refractivity contribution in [3.05, 3.63) is 33.4 Å². The molecule has 1 atom stereocenters. The van der Waals surface area contributed by atoms with Crippen LogP contribution in [0.25, 0.3) is 0 Å². The summed E-state index contributed by atoms with van der Waals surface area (Å²) < 4.78 is 1.23. The number of carboxylic acids is 1. The Morgan fingerprint density at radius 3 is 2.62 bits per heavy atom. The van der Waals surface area contributed by atoms with Gasteiger partial charge in [-0.05, 0) is 66.0 Å². The van der Waals surface area contributed by atoms with Crippen LogP contribution in [0.1, 0.15) is 31.2 Å². The summed E-state index contributed by atoms with van der Waals surface area (Å²) in [6.07, 6.45) is 3.95. The fourth-order valence-electron chi connectivity index (χ4n) is 1.84. The van der Waals surface area contributed by atoms with E-state index in [9.17, 15) is 4.79 Å². The molecule has 0 saturated heterocycles. The van der Waals surface area contributed by atoms with Crippen molar-refractivity contribution in [1.82, 2.24) is 5.32 Å². The third-order valence-corrected chi connectivity index (χ3v) is 4.20. The summed E-state index contributed by atoms with van der Waals surface area (Å²) in [6.45, 7) is 0.776. The number of nitrogens with two attached hydrogens (primary N) is 1. The Balaban J connectivity index is 2.09. The number of carboxylic acid groups (broad SMARTS) is 1. The van der Waals surface area contributed by atoms with Gasteiger partial charge in [-0.2, -0.15) is 0 Å². The number of nitrogens with one attached hydrogen (secondary N) is 1. The lowest BCUT2D eigenvalue weighted by Gasteiger charge is -2.09. The number of hydrogen-bond acceptors (Lipinski definition) is 3. The van der Waals surface area contributed by atoms with Gasteiger partial charge in [-0.15, -0.1) is 0 Å². The standard InChI is InChI=1S/C15H21IN2O2S/c16-12-7-4-11(5-8-12)6-9-14(21)18-10-2-1-3-13(17)15(19)20/h4-5,7-8,13H,1-3,6,9-10,17H2,(H,18,21)(H,19,20)/t13-/m0/s1/i16-4. The molecule has 1 aromatic rings. The van der Waals surface area contributed by atoms with Crippen molar-refractivity contribution in [2.24, 2.45) is 5.73 Å². The van der Waals surface area contributed by atoms with Gasteiger partial charge in [0.05, 0.1) is 4.99 Å². The van der Waals surface area contributed by atoms with E-state index in [-0.39, 0.29) is 0 Å². The number of halogens is 1. The van der Waals surface area contributed by atoms with Gasteiger partial charge in [0.1, 0.15) is 6.04 Å². The minimum atomic E-state index is -0.934. The van der Waals surface area contributed by atoms with Crippen LogP contribution in [0.2, 0.25) is 0 Å². The minimum Gasteiger partial charge on any atom is -0.480 e. The van der Waals surface area contributed by atoms with Gasteiger partial charge >= 0.3 is 5.97 Å². The zero-order valence-electron chi connectivity index (χ0n) is 11.8. The molecule has 0 aliphatic carbocycles. The maximum absolute atomic E-state index is 10.6. The maximum atomic E-state index is 10.6. The number of aryl methyl sites for hydroxylation is 1. The fraction of sp³-hybridized carbons (Fsp3) is 0.467. The summed E-state index contributed by atoms with van der Waals surface area (Å²) in [5.74, 6) is -0.934. The van der Waals surface area contributed by atoms with Crippen LogP contribution >= 0.6 is 34.8 Å². The molecule has 0 amide bonds. The monoisotopic (exact) mass is 416 g/mol. The number of thiocarbonyl (C=S) groups is 1. The number of carbonyl (C=O) groups is 1. The summed E-state index contributed by atoms with van der Waals surface area (Å²) in [5.41, 5.74) is 6.72. The van der Waals surface area contributed by atoms with Gasteiger partial charge in [-0.3, -0.25) is 4.79 Å². The normalized spacial score (nSPS) is 11.9. The second kappa shape index (κ2) is 10.1. The van der Waals surface area contributed by atoms with Gasteiger partial charge in [-0.25, -0.2) is 0 Å². The molecule has 1 rings (SSSR count). The highest BCUT2D eigenvalue weighted by Crippen LogP contribution is 2.08. The molecule has 1 aromatic carbocycles. The predicted octanol–water partition coefficient (Wildman–Crippen LogP) is 2.72. The molecule has 0 bridgehead atoms. The highest BCUT2D eigenvalue weighted by atomic mass is 123. The lowest BCUT2D eigenvalue weighted by atomic mass is 10.1. The number of rotatable bonds is 9. The van der Waals surface area contributed by atoms with Crippen molar-refractivity contribution in [3.63, 3.8) is 0 Å². The van der Waals surface area contributed by atoms with Gasteiger partial charge in [0.15, 0.2) is 0 Å².